The van der Waals surface area contributed by atoms with Crippen molar-refractivity contribution in [1.29, 1.82) is 0 Å². The van der Waals surface area contributed by atoms with E-state index in [1.807, 2.05) is 6.92 Å². The van der Waals surface area contributed by atoms with Gasteiger partial charge in [0.05, 0.1) is 27.9 Å². The first kappa shape index (κ1) is 40.2. The van der Waals surface area contributed by atoms with E-state index >= 15 is 0 Å². The van der Waals surface area contributed by atoms with E-state index < -0.39 is 58.3 Å². The van der Waals surface area contributed by atoms with Crippen molar-refractivity contribution in [3.8, 4) is 23.0 Å². The zero-order valence-corrected chi connectivity index (χ0v) is 31.7. The van der Waals surface area contributed by atoms with Crippen molar-refractivity contribution >= 4 is 35.1 Å². The van der Waals surface area contributed by atoms with E-state index in [0.717, 1.165) is 51.8 Å². The molecule has 2 aliphatic rings. The quantitative estimate of drug-likeness (QED) is 0.0810. The number of amides is 4. The largest absolute Gasteiger partial charge is 0.457 e. The van der Waals surface area contributed by atoms with Crippen LogP contribution in [0, 0.1) is 6.92 Å². The smallest absolute Gasteiger partial charge is 0.411 e. The summed E-state index contributed by atoms with van der Waals surface area (Å²) in [5.74, 6) is -2.73. The number of hydrogen-bond acceptors (Lipinski definition) is 7. The van der Waals surface area contributed by atoms with Gasteiger partial charge in [0, 0.05) is 18.2 Å². The van der Waals surface area contributed by atoms with Crippen molar-refractivity contribution in [2.45, 2.75) is 24.7 Å². The topological polar surface area (TPSA) is 110 Å². The molecule has 8 rings (SSSR count). The molecule has 306 valence electrons. The van der Waals surface area contributed by atoms with Crippen molar-refractivity contribution in [2.24, 2.45) is 0 Å². The Kier molecular flexibility index (Phi) is 9.64. The van der Waals surface area contributed by atoms with Gasteiger partial charge in [0.15, 0.2) is 5.78 Å². The summed E-state index contributed by atoms with van der Waals surface area (Å²) in [7, 11) is 1.32. The van der Waals surface area contributed by atoms with Crippen LogP contribution in [0.1, 0.15) is 74.0 Å². The lowest BCUT2D eigenvalue weighted by molar-refractivity contribution is -0.288. The normalized spacial score (nSPS) is 14.0. The number of anilines is 1. The van der Waals surface area contributed by atoms with Gasteiger partial charge in [-0.3, -0.25) is 28.9 Å². The number of fused-ring (bicyclic) bond motifs is 2. The van der Waals surface area contributed by atoms with Gasteiger partial charge >= 0.3 is 12.4 Å². The maximum Gasteiger partial charge on any atom is 0.411 e. The predicted octanol–water partition coefficient (Wildman–Crippen LogP) is 10.2. The van der Waals surface area contributed by atoms with Crippen LogP contribution in [0.4, 0.5) is 32.0 Å². The lowest BCUT2D eigenvalue weighted by Crippen LogP contribution is -2.54. The van der Waals surface area contributed by atoms with Crippen LogP contribution in [0.15, 0.2) is 133 Å². The molecule has 0 unspecified atom stereocenters. The molecule has 2 heterocycles. The number of benzene rings is 6. The maximum absolute atomic E-state index is 14.8. The molecule has 0 atom stereocenters. The number of carbonyl (C=O) groups excluding carboxylic acids is 5. The summed E-state index contributed by atoms with van der Waals surface area (Å²) >= 11 is 0. The van der Waals surface area contributed by atoms with Gasteiger partial charge in [-0.2, -0.15) is 26.3 Å². The number of imide groups is 2. The first-order valence-electron chi connectivity index (χ1n) is 18.3. The summed E-state index contributed by atoms with van der Waals surface area (Å²) in [6.07, 6.45) is -11.7. The monoisotopic (exact) mass is 834 g/mol. The summed E-state index contributed by atoms with van der Waals surface area (Å²) < 4.78 is 100. The van der Waals surface area contributed by atoms with Crippen molar-refractivity contribution < 1.29 is 59.8 Å². The van der Waals surface area contributed by atoms with Gasteiger partial charge in [-0.1, -0.05) is 54.1 Å². The molecule has 0 aromatic heterocycles. The zero-order valence-electron chi connectivity index (χ0n) is 31.7. The Bertz CT molecular complexity index is 2770. The average molecular weight is 835 g/mol. The SMILES string of the molecule is Cc1ccc(Oc2ccc(C(c3ccc(Oc4ccc(N5C(=O)c6ccc(C(=O)c7ccc8c(c7)C(=O)N(C)C8=O)cc6C5=O)cc4)cc3)(C(F)(F)F)C(F)(F)F)cc2)cc1. The molecular formula is C46H28F6N2O7. The molecule has 0 saturated carbocycles. The van der Waals surface area contributed by atoms with Gasteiger partial charge in [0.1, 0.15) is 23.0 Å². The molecule has 6 aromatic carbocycles. The Morgan fingerprint density at radius 3 is 1.28 bits per heavy atom. The molecule has 61 heavy (non-hydrogen) atoms. The van der Waals surface area contributed by atoms with E-state index in [2.05, 4.69) is 0 Å². The van der Waals surface area contributed by atoms with E-state index in [9.17, 15) is 50.3 Å². The van der Waals surface area contributed by atoms with Crippen LogP contribution in [0.3, 0.4) is 0 Å². The average Bonchev–Trinajstić information content (AvgIpc) is 3.61. The number of carbonyl (C=O) groups is 5. The number of halogens is 6. The van der Waals surface area contributed by atoms with Gasteiger partial charge in [-0.25, -0.2) is 4.90 Å². The molecule has 15 heteroatoms. The van der Waals surface area contributed by atoms with Crippen LogP contribution >= 0.6 is 0 Å². The van der Waals surface area contributed by atoms with E-state index in [1.54, 1.807) is 24.3 Å². The van der Waals surface area contributed by atoms with E-state index in [-0.39, 0.29) is 56.3 Å². The fraction of sp³-hybridized carbons (Fsp3) is 0.109. The predicted molar refractivity (Wildman–Crippen MR) is 207 cm³/mol. The standard InChI is InChI=1S/C46H28F6N2O7/c1-25-3-13-31(14-4-25)60-32-15-7-28(8-16-32)44(45(47,48)49,46(50,51)52)29-9-17-33(18-10-29)61-34-19-11-30(12-20-34)54-42(58)36-22-6-27(24-38(36)43(54)59)39(55)26-5-21-35-37(23-26)41(57)53(2)40(35)56/h3-24H,1-2H3. The molecule has 4 amide bonds. The lowest BCUT2D eigenvalue weighted by Gasteiger charge is -2.38. The minimum atomic E-state index is -5.83. The first-order valence-corrected chi connectivity index (χ1v) is 18.3. The van der Waals surface area contributed by atoms with Gasteiger partial charge in [0.2, 0.25) is 5.41 Å². The van der Waals surface area contributed by atoms with Crippen LogP contribution in [0.25, 0.3) is 0 Å². The number of aryl methyl sites for hydroxylation is 1. The molecule has 0 bridgehead atoms. The molecule has 6 aromatic rings. The Labute approximate surface area is 342 Å². The van der Waals surface area contributed by atoms with Crippen molar-refractivity contribution in [3.63, 3.8) is 0 Å². The lowest BCUT2D eigenvalue weighted by atomic mass is 9.73. The first-order chi connectivity index (χ1) is 28.9. The number of alkyl halides is 6. The molecule has 0 aliphatic carbocycles. The highest BCUT2D eigenvalue weighted by Gasteiger charge is 2.72. The summed E-state index contributed by atoms with van der Waals surface area (Å²) in [5, 5.41) is 0. The Hall–Kier alpha value is -7.55. The number of rotatable bonds is 9. The van der Waals surface area contributed by atoms with Gasteiger partial charge in [-0.15, -0.1) is 0 Å². The van der Waals surface area contributed by atoms with Gasteiger partial charge < -0.3 is 9.47 Å². The molecule has 0 N–H and O–H groups in total. The van der Waals surface area contributed by atoms with Crippen LogP contribution < -0.4 is 14.4 Å². The fourth-order valence-corrected chi connectivity index (χ4v) is 7.36. The van der Waals surface area contributed by atoms with E-state index in [0.29, 0.717) is 17.9 Å². The molecule has 0 fully saturated rings. The number of ether oxygens (including phenoxy) is 2. The second kappa shape index (κ2) is 14.6. The van der Waals surface area contributed by atoms with Crippen molar-refractivity contribution in [3.05, 3.63) is 184 Å². The molecule has 0 saturated heterocycles. The zero-order chi connectivity index (χ0) is 43.6. The van der Waals surface area contributed by atoms with Crippen molar-refractivity contribution in [2.75, 3.05) is 11.9 Å². The van der Waals surface area contributed by atoms with Crippen LogP contribution in [0.5, 0.6) is 23.0 Å². The molecular weight excluding hydrogens is 807 g/mol. The maximum atomic E-state index is 14.8. The third kappa shape index (κ3) is 6.77. The van der Waals surface area contributed by atoms with Gasteiger partial charge in [-0.05, 0) is 103 Å². The fourth-order valence-electron chi connectivity index (χ4n) is 7.36. The van der Waals surface area contributed by atoms with Crippen LogP contribution in [-0.2, 0) is 5.41 Å². The number of ketones is 1. The second-order valence-electron chi connectivity index (χ2n) is 14.3. The summed E-state index contributed by atoms with van der Waals surface area (Å²) in [5.41, 5.74) is -5.27. The molecule has 9 nitrogen and oxygen atoms in total. The summed E-state index contributed by atoms with van der Waals surface area (Å²) in [4.78, 5) is 66.8. The molecule has 0 spiro atoms. The third-order valence-electron chi connectivity index (χ3n) is 10.5. The van der Waals surface area contributed by atoms with Crippen LogP contribution in [0.2, 0.25) is 0 Å². The van der Waals surface area contributed by atoms with E-state index in [4.69, 9.17) is 9.47 Å². The third-order valence-corrected chi connectivity index (χ3v) is 10.5. The highest BCUT2D eigenvalue weighted by molar-refractivity contribution is 6.35. The summed E-state index contributed by atoms with van der Waals surface area (Å²) in [6.45, 7) is 1.84. The minimum Gasteiger partial charge on any atom is -0.457 e. The number of hydrogen-bond donors (Lipinski definition) is 0. The van der Waals surface area contributed by atoms with Gasteiger partial charge in [0.25, 0.3) is 23.6 Å². The highest BCUT2D eigenvalue weighted by atomic mass is 19.4. The Morgan fingerprint density at radius 1 is 0.475 bits per heavy atom. The highest BCUT2D eigenvalue weighted by Crippen LogP contribution is 2.56. The minimum absolute atomic E-state index is 0.0126. The Balaban J connectivity index is 0.993. The van der Waals surface area contributed by atoms with E-state index in [1.165, 1.54) is 67.7 Å². The number of nitrogens with zero attached hydrogens (tertiary/aromatic N) is 2. The molecule has 0 radical (unpaired) electrons. The summed E-state index contributed by atoms with van der Waals surface area (Å²) in [6, 6.07) is 26.9. The molecule has 2 aliphatic heterocycles. The second-order valence-corrected chi connectivity index (χ2v) is 14.3. The van der Waals surface area contributed by atoms with Crippen molar-refractivity contribution in [1.82, 2.24) is 4.90 Å². The van der Waals surface area contributed by atoms with Crippen LogP contribution in [-0.4, -0.2) is 53.7 Å². The Morgan fingerprint density at radius 2 is 0.836 bits per heavy atom.